The van der Waals surface area contributed by atoms with E-state index in [1.807, 2.05) is 42.5 Å². The maximum atomic E-state index is 12.2. The zero-order valence-electron chi connectivity index (χ0n) is 12.8. The van der Waals surface area contributed by atoms with E-state index < -0.39 is 0 Å². The third-order valence-electron chi connectivity index (χ3n) is 3.11. The molecule has 4 nitrogen and oxygen atoms in total. The lowest BCUT2D eigenvalue weighted by Gasteiger charge is -2.08. The van der Waals surface area contributed by atoms with Crippen molar-refractivity contribution in [3.8, 4) is 0 Å². The van der Waals surface area contributed by atoms with E-state index in [1.165, 1.54) is 7.05 Å². The molecule has 2 aromatic rings. The quantitative estimate of drug-likeness (QED) is 0.659. The summed E-state index contributed by atoms with van der Waals surface area (Å²) in [6, 6.07) is 18.5. The molecule has 0 spiro atoms. The van der Waals surface area contributed by atoms with Crippen LogP contribution in [0.2, 0.25) is 0 Å². The Hall–Kier alpha value is -3.14. The van der Waals surface area contributed by atoms with Crippen LogP contribution in [0.3, 0.4) is 0 Å². The Morgan fingerprint density at radius 2 is 1.52 bits per heavy atom. The number of carbonyl (C=O) groups excluding carboxylic acids is 2. The highest BCUT2D eigenvalue weighted by Gasteiger charge is 2.11. The monoisotopic (exact) mass is 306 g/mol. The van der Waals surface area contributed by atoms with Crippen LogP contribution in [0.15, 0.2) is 78.5 Å². The first kappa shape index (κ1) is 16.2. The van der Waals surface area contributed by atoms with E-state index in [0.717, 1.165) is 5.56 Å². The standard InChI is InChI=1S/C19H18N2O2/c1-20-19(23)17(14-8-11-15-9-4-2-5-10-15)21-18(22)16-12-6-3-7-13-16/h2-14H,1H3,(H,20,23)(H,21,22). The summed E-state index contributed by atoms with van der Waals surface area (Å²) in [5.74, 6) is -0.680. The second-order valence-electron chi connectivity index (χ2n) is 4.75. The van der Waals surface area contributed by atoms with Crippen molar-refractivity contribution < 1.29 is 9.59 Å². The Morgan fingerprint density at radius 1 is 0.913 bits per heavy atom. The van der Waals surface area contributed by atoms with Crippen molar-refractivity contribution >= 4 is 17.9 Å². The summed E-state index contributed by atoms with van der Waals surface area (Å²) < 4.78 is 0. The minimum Gasteiger partial charge on any atom is -0.354 e. The Balaban J connectivity index is 2.14. The predicted molar refractivity (Wildman–Crippen MR) is 91.5 cm³/mol. The summed E-state index contributed by atoms with van der Waals surface area (Å²) in [5.41, 5.74) is 1.69. The van der Waals surface area contributed by atoms with Gasteiger partial charge in [0.25, 0.3) is 11.8 Å². The van der Waals surface area contributed by atoms with E-state index in [9.17, 15) is 9.59 Å². The van der Waals surface area contributed by atoms with Crippen LogP contribution in [-0.2, 0) is 4.79 Å². The molecule has 2 aromatic carbocycles. The Morgan fingerprint density at radius 3 is 2.13 bits per heavy atom. The Bertz CT molecular complexity index is 720. The number of nitrogens with one attached hydrogen (secondary N) is 2. The van der Waals surface area contributed by atoms with E-state index in [1.54, 1.807) is 36.4 Å². The molecule has 0 saturated heterocycles. The predicted octanol–water partition coefficient (Wildman–Crippen LogP) is 2.76. The van der Waals surface area contributed by atoms with Crippen molar-refractivity contribution in [3.05, 3.63) is 89.6 Å². The molecule has 4 heteroatoms. The molecule has 0 aliphatic rings. The number of benzene rings is 2. The molecule has 0 saturated carbocycles. The third kappa shape index (κ3) is 4.97. The van der Waals surface area contributed by atoms with Crippen LogP contribution >= 0.6 is 0 Å². The van der Waals surface area contributed by atoms with E-state index >= 15 is 0 Å². The lowest BCUT2D eigenvalue weighted by molar-refractivity contribution is -0.117. The van der Waals surface area contributed by atoms with Gasteiger partial charge in [0.15, 0.2) is 0 Å². The number of rotatable bonds is 5. The molecular formula is C19H18N2O2. The van der Waals surface area contributed by atoms with Gasteiger partial charge < -0.3 is 10.6 Å². The number of likely N-dealkylation sites (N-methyl/N-ethyl adjacent to an activating group) is 1. The summed E-state index contributed by atoms with van der Waals surface area (Å²) in [6.07, 6.45) is 5.16. The van der Waals surface area contributed by atoms with Crippen LogP contribution < -0.4 is 10.6 Å². The molecule has 0 aliphatic carbocycles. The molecule has 2 amide bonds. The zero-order valence-corrected chi connectivity index (χ0v) is 12.8. The maximum Gasteiger partial charge on any atom is 0.267 e. The van der Waals surface area contributed by atoms with Crippen LogP contribution in [0, 0.1) is 0 Å². The fourth-order valence-corrected chi connectivity index (χ4v) is 1.91. The number of hydrogen-bond donors (Lipinski definition) is 2. The molecule has 0 bridgehead atoms. The average molecular weight is 306 g/mol. The van der Waals surface area contributed by atoms with E-state index in [0.29, 0.717) is 5.56 Å². The minimum atomic E-state index is -0.355. The van der Waals surface area contributed by atoms with Gasteiger partial charge in [-0.05, 0) is 23.8 Å². The van der Waals surface area contributed by atoms with Crippen molar-refractivity contribution in [1.82, 2.24) is 10.6 Å². The largest absolute Gasteiger partial charge is 0.354 e. The molecule has 0 atom stereocenters. The van der Waals surface area contributed by atoms with Crippen molar-refractivity contribution in [2.24, 2.45) is 0 Å². The van der Waals surface area contributed by atoms with Gasteiger partial charge in [-0.25, -0.2) is 0 Å². The molecule has 2 rings (SSSR count). The number of amides is 2. The highest BCUT2D eigenvalue weighted by Crippen LogP contribution is 2.03. The van der Waals surface area contributed by atoms with Crippen LogP contribution in [0.1, 0.15) is 15.9 Å². The van der Waals surface area contributed by atoms with Gasteiger partial charge in [-0.2, -0.15) is 0 Å². The minimum absolute atomic E-state index is 0.188. The molecule has 0 unspecified atom stereocenters. The fourth-order valence-electron chi connectivity index (χ4n) is 1.91. The molecule has 2 N–H and O–H groups in total. The average Bonchev–Trinajstić information content (AvgIpc) is 2.61. The van der Waals surface area contributed by atoms with Gasteiger partial charge in [0, 0.05) is 12.6 Å². The first-order valence-corrected chi connectivity index (χ1v) is 7.22. The number of hydrogen-bond acceptors (Lipinski definition) is 2. The normalized spacial score (nSPS) is 11.3. The molecule has 23 heavy (non-hydrogen) atoms. The van der Waals surface area contributed by atoms with E-state index in [4.69, 9.17) is 0 Å². The van der Waals surface area contributed by atoms with Crippen molar-refractivity contribution in [2.75, 3.05) is 7.05 Å². The molecule has 0 fully saturated rings. The van der Waals surface area contributed by atoms with Crippen LogP contribution in [0.25, 0.3) is 6.08 Å². The van der Waals surface area contributed by atoms with Crippen molar-refractivity contribution in [2.45, 2.75) is 0 Å². The number of carbonyl (C=O) groups is 2. The molecule has 0 heterocycles. The van der Waals surface area contributed by atoms with Gasteiger partial charge in [-0.3, -0.25) is 9.59 Å². The Labute approximate surface area is 135 Å². The smallest absolute Gasteiger partial charge is 0.267 e. The summed E-state index contributed by atoms with van der Waals surface area (Å²) in [7, 11) is 1.52. The van der Waals surface area contributed by atoms with E-state index in [-0.39, 0.29) is 17.5 Å². The Kier molecular flexibility index (Phi) is 5.89. The van der Waals surface area contributed by atoms with Crippen molar-refractivity contribution in [1.29, 1.82) is 0 Å². The molecular weight excluding hydrogens is 288 g/mol. The lowest BCUT2D eigenvalue weighted by atomic mass is 10.2. The summed E-state index contributed by atoms with van der Waals surface area (Å²) in [5, 5.41) is 5.14. The van der Waals surface area contributed by atoms with Gasteiger partial charge in [0.2, 0.25) is 0 Å². The SMILES string of the molecule is CNC(=O)C(=CC=Cc1ccccc1)NC(=O)c1ccccc1. The van der Waals surface area contributed by atoms with Crippen LogP contribution in [0.5, 0.6) is 0 Å². The summed E-state index contributed by atoms with van der Waals surface area (Å²) in [4.78, 5) is 24.0. The van der Waals surface area contributed by atoms with Crippen LogP contribution in [-0.4, -0.2) is 18.9 Å². The van der Waals surface area contributed by atoms with Gasteiger partial charge in [0.05, 0.1) is 0 Å². The van der Waals surface area contributed by atoms with Crippen LogP contribution in [0.4, 0.5) is 0 Å². The molecule has 0 aliphatic heterocycles. The van der Waals surface area contributed by atoms with E-state index in [2.05, 4.69) is 10.6 Å². The molecule has 0 aromatic heterocycles. The highest BCUT2D eigenvalue weighted by molar-refractivity contribution is 6.02. The zero-order chi connectivity index (χ0) is 16.5. The second kappa shape index (κ2) is 8.34. The van der Waals surface area contributed by atoms with Gasteiger partial charge in [0.1, 0.15) is 5.70 Å². The van der Waals surface area contributed by atoms with Crippen molar-refractivity contribution in [3.63, 3.8) is 0 Å². The fraction of sp³-hybridized carbons (Fsp3) is 0.0526. The second-order valence-corrected chi connectivity index (χ2v) is 4.75. The molecule has 116 valence electrons. The first-order valence-electron chi connectivity index (χ1n) is 7.22. The third-order valence-corrected chi connectivity index (χ3v) is 3.11. The lowest BCUT2D eigenvalue weighted by Crippen LogP contribution is -2.33. The maximum absolute atomic E-state index is 12.2. The van der Waals surface area contributed by atoms with Gasteiger partial charge in [-0.1, -0.05) is 60.7 Å². The first-order chi connectivity index (χ1) is 11.2. The van der Waals surface area contributed by atoms with Gasteiger partial charge in [-0.15, -0.1) is 0 Å². The topological polar surface area (TPSA) is 58.2 Å². The van der Waals surface area contributed by atoms with Gasteiger partial charge >= 0.3 is 0 Å². The summed E-state index contributed by atoms with van der Waals surface area (Å²) in [6.45, 7) is 0. The highest BCUT2D eigenvalue weighted by atomic mass is 16.2. The summed E-state index contributed by atoms with van der Waals surface area (Å²) >= 11 is 0. The number of allylic oxidation sites excluding steroid dienone is 2. The molecule has 0 radical (unpaired) electrons.